The van der Waals surface area contributed by atoms with Crippen LogP contribution >= 0.6 is 0 Å². The molecule has 5 nitrogen and oxygen atoms in total. The van der Waals surface area contributed by atoms with Gasteiger partial charge in [-0.3, -0.25) is 9.69 Å². The largest absolute Gasteiger partial charge is 0.379 e. The van der Waals surface area contributed by atoms with Crippen LogP contribution < -0.4 is 5.32 Å². The number of carbonyl (C=O) groups is 1. The minimum atomic E-state index is -0.00856. The minimum Gasteiger partial charge on any atom is -0.379 e. The zero-order chi connectivity index (χ0) is 12.1. The van der Waals surface area contributed by atoms with Crippen LogP contribution in [0.2, 0.25) is 0 Å². The number of amides is 1. The first kappa shape index (κ1) is 12.1. The summed E-state index contributed by atoms with van der Waals surface area (Å²) in [5, 5.41) is 2.93. The molecule has 0 aliphatic carbocycles. The Labute approximate surface area is 101 Å². The Kier molecular flexibility index (Phi) is 4.17. The molecule has 1 N–H and O–H groups in total. The molecule has 0 aromatic carbocycles. The van der Waals surface area contributed by atoms with Crippen LogP contribution in [0.4, 0.5) is 0 Å². The summed E-state index contributed by atoms with van der Waals surface area (Å²) in [6, 6.07) is 3.70. The Balaban J connectivity index is 1.71. The summed E-state index contributed by atoms with van der Waals surface area (Å²) in [5.41, 5.74) is 0.701. The van der Waals surface area contributed by atoms with E-state index in [1.807, 2.05) is 29.9 Å². The highest BCUT2D eigenvalue weighted by atomic mass is 16.5. The molecule has 1 aromatic rings. The van der Waals surface area contributed by atoms with Crippen molar-refractivity contribution < 1.29 is 9.53 Å². The van der Waals surface area contributed by atoms with Gasteiger partial charge in [0.25, 0.3) is 5.91 Å². The van der Waals surface area contributed by atoms with Crippen molar-refractivity contribution in [3.8, 4) is 0 Å². The van der Waals surface area contributed by atoms with E-state index in [1.165, 1.54) is 0 Å². The molecule has 1 saturated heterocycles. The quantitative estimate of drug-likeness (QED) is 0.807. The molecule has 0 radical (unpaired) electrons. The van der Waals surface area contributed by atoms with Crippen molar-refractivity contribution in [1.29, 1.82) is 0 Å². The number of nitrogens with zero attached hydrogens (tertiary/aromatic N) is 2. The van der Waals surface area contributed by atoms with E-state index < -0.39 is 0 Å². The van der Waals surface area contributed by atoms with Crippen molar-refractivity contribution in [3.63, 3.8) is 0 Å². The first-order chi connectivity index (χ1) is 8.27. The standard InChI is InChI=1S/C12H19N3O2/c1-14-5-2-3-11(14)12(16)13-4-6-15-7-9-17-10-8-15/h2-3,5H,4,6-10H2,1H3,(H,13,16). The molecule has 17 heavy (non-hydrogen) atoms. The lowest BCUT2D eigenvalue weighted by atomic mass is 10.3. The maximum Gasteiger partial charge on any atom is 0.267 e. The van der Waals surface area contributed by atoms with E-state index in [1.54, 1.807) is 0 Å². The van der Waals surface area contributed by atoms with Crippen molar-refractivity contribution >= 4 is 5.91 Å². The number of hydrogen-bond donors (Lipinski definition) is 1. The summed E-state index contributed by atoms with van der Waals surface area (Å²) >= 11 is 0. The molecule has 2 rings (SSSR count). The summed E-state index contributed by atoms with van der Waals surface area (Å²) in [6.45, 7) is 5.08. The Morgan fingerprint density at radius 3 is 2.88 bits per heavy atom. The molecule has 0 spiro atoms. The lowest BCUT2D eigenvalue weighted by Gasteiger charge is -2.26. The molecular weight excluding hydrogens is 218 g/mol. The van der Waals surface area contributed by atoms with Gasteiger partial charge in [0.05, 0.1) is 13.2 Å². The van der Waals surface area contributed by atoms with E-state index >= 15 is 0 Å². The first-order valence-electron chi connectivity index (χ1n) is 5.97. The maximum atomic E-state index is 11.8. The smallest absolute Gasteiger partial charge is 0.267 e. The fraction of sp³-hybridized carbons (Fsp3) is 0.583. The highest BCUT2D eigenvalue weighted by molar-refractivity contribution is 5.92. The lowest BCUT2D eigenvalue weighted by Crippen LogP contribution is -2.41. The zero-order valence-corrected chi connectivity index (χ0v) is 10.2. The summed E-state index contributed by atoms with van der Waals surface area (Å²) in [5.74, 6) is -0.00856. The number of aromatic nitrogens is 1. The Hall–Kier alpha value is -1.33. The molecule has 0 bridgehead atoms. The number of morpholine rings is 1. The molecule has 1 aliphatic rings. The molecule has 0 unspecified atom stereocenters. The van der Waals surface area contributed by atoms with Crippen molar-refractivity contribution in [3.05, 3.63) is 24.0 Å². The van der Waals surface area contributed by atoms with Gasteiger partial charge >= 0.3 is 0 Å². The summed E-state index contributed by atoms with van der Waals surface area (Å²) < 4.78 is 7.09. The molecule has 1 aromatic heterocycles. The molecule has 1 aliphatic heterocycles. The third kappa shape index (κ3) is 3.31. The molecule has 1 fully saturated rings. The van der Waals surface area contributed by atoms with Gasteiger partial charge in [0.1, 0.15) is 5.69 Å². The van der Waals surface area contributed by atoms with Crippen LogP contribution in [0.3, 0.4) is 0 Å². The zero-order valence-electron chi connectivity index (χ0n) is 10.2. The Bertz CT molecular complexity index is 370. The predicted molar refractivity (Wildman–Crippen MR) is 65.0 cm³/mol. The molecule has 0 saturated carbocycles. The van der Waals surface area contributed by atoms with Gasteiger partial charge in [0.15, 0.2) is 0 Å². The maximum absolute atomic E-state index is 11.8. The molecular formula is C12H19N3O2. The van der Waals surface area contributed by atoms with Gasteiger partial charge in [-0.15, -0.1) is 0 Å². The SMILES string of the molecule is Cn1cccc1C(=O)NCCN1CCOCC1. The van der Waals surface area contributed by atoms with Crippen LogP contribution in [0.1, 0.15) is 10.5 Å². The molecule has 5 heteroatoms. The monoisotopic (exact) mass is 237 g/mol. The van der Waals surface area contributed by atoms with Crippen LogP contribution in [0, 0.1) is 0 Å². The third-order valence-electron chi connectivity index (χ3n) is 2.99. The van der Waals surface area contributed by atoms with Crippen molar-refractivity contribution in [2.75, 3.05) is 39.4 Å². The van der Waals surface area contributed by atoms with Crippen LogP contribution in [0.25, 0.3) is 0 Å². The van der Waals surface area contributed by atoms with Crippen molar-refractivity contribution in [2.24, 2.45) is 7.05 Å². The summed E-state index contributed by atoms with van der Waals surface area (Å²) in [7, 11) is 1.87. The fourth-order valence-electron chi connectivity index (χ4n) is 1.94. The van der Waals surface area contributed by atoms with Crippen molar-refractivity contribution in [2.45, 2.75) is 0 Å². The second-order valence-corrected chi connectivity index (χ2v) is 4.21. The second kappa shape index (κ2) is 5.84. The van der Waals surface area contributed by atoms with Crippen LogP contribution in [0.5, 0.6) is 0 Å². The average molecular weight is 237 g/mol. The summed E-state index contributed by atoms with van der Waals surface area (Å²) in [4.78, 5) is 14.1. The lowest BCUT2D eigenvalue weighted by molar-refractivity contribution is 0.0383. The highest BCUT2D eigenvalue weighted by Crippen LogP contribution is 1.99. The third-order valence-corrected chi connectivity index (χ3v) is 2.99. The van der Waals surface area contributed by atoms with Gasteiger partial charge in [-0.1, -0.05) is 0 Å². The highest BCUT2D eigenvalue weighted by Gasteiger charge is 2.11. The van der Waals surface area contributed by atoms with Crippen molar-refractivity contribution in [1.82, 2.24) is 14.8 Å². The van der Waals surface area contributed by atoms with Gasteiger partial charge in [0.2, 0.25) is 0 Å². The Morgan fingerprint density at radius 2 is 2.24 bits per heavy atom. The number of hydrogen-bond acceptors (Lipinski definition) is 3. The van der Waals surface area contributed by atoms with Gasteiger partial charge in [-0.05, 0) is 12.1 Å². The molecule has 0 atom stereocenters. The van der Waals surface area contributed by atoms with Crippen LogP contribution in [0.15, 0.2) is 18.3 Å². The minimum absolute atomic E-state index is 0.00856. The number of aryl methyl sites for hydroxylation is 1. The van der Waals surface area contributed by atoms with Gasteiger partial charge in [-0.2, -0.15) is 0 Å². The van der Waals surface area contributed by atoms with E-state index in [2.05, 4.69) is 10.2 Å². The number of ether oxygens (including phenoxy) is 1. The van der Waals surface area contributed by atoms with E-state index in [0.717, 1.165) is 32.8 Å². The number of nitrogens with one attached hydrogen (secondary N) is 1. The van der Waals surface area contributed by atoms with Gasteiger partial charge < -0.3 is 14.6 Å². The van der Waals surface area contributed by atoms with E-state index in [0.29, 0.717) is 12.2 Å². The average Bonchev–Trinajstić information content (AvgIpc) is 2.77. The van der Waals surface area contributed by atoms with Gasteiger partial charge in [-0.25, -0.2) is 0 Å². The fourth-order valence-corrected chi connectivity index (χ4v) is 1.94. The number of rotatable bonds is 4. The topological polar surface area (TPSA) is 46.5 Å². The molecule has 94 valence electrons. The predicted octanol–water partition coefficient (Wildman–Crippen LogP) is 0.0871. The van der Waals surface area contributed by atoms with Gasteiger partial charge in [0, 0.05) is 39.4 Å². The molecule has 1 amide bonds. The normalized spacial score (nSPS) is 17.0. The summed E-state index contributed by atoms with van der Waals surface area (Å²) in [6.07, 6.45) is 1.87. The number of carbonyl (C=O) groups excluding carboxylic acids is 1. The van der Waals surface area contributed by atoms with E-state index in [4.69, 9.17) is 4.74 Å². The molecule has 2 heterocycles. The second-order valence-electron chi connectivity index (χ2n) is 4.21. The first-order valence-corrected chi connectivity index (χ1v) is 5.97. The van der Waals surface area contributed by atoms with E-state index in [9.17, 15) is 4.79 Å². The van der Waals surface area contributed by atoms with Crippen LogP contribution in [-0.2, 0) is 11.8 Å². The van der Waals surface area contributed by atoms with E-state index in [-0.39, 0.29) is 5.91 Å². The Morgan fingerprint density at radius 1 is 1.47 bits per heavy atom. The van der Waals surface area contributed by atoms with Crippen LogP contribution in [-0.4, -0.2) is 54.8 Å².